The van der Waals surface area contributed by atoms with Gasteiger partial charge in [0.2, 0.25) is 10.0 Å². The molecule has 3 heterocycles. The van der Waals surface area contributed by atoms with Gasteiger partial charge in [-0.3, -0.25) is 4.57 Å². The number of sulfonamides is 1. The quantitative estimate of drug-likeness (QED) is 0.694. The van der Waals surface area contributed by atoms with Crippen LogP contribution in [-0.4, -0.2) is 68.3 Å². The maximum Gasteiger partial charge on any atom is 0.208 e. The lowest BCUT2D eigenvalue weighted by Gasteiger charge is -2.22. The molecule has 0 bridgehead atoms. The van der Waals surface area contributed by atoms with Crippen LogP contribution in [0.3, 0.4) is 0 Å². The van der Waals surface area contributed by atoms with Crippen LogP contribution in [0.15, 0.2) is 18.6 Å². The number of methoxy groups -OCH3 is 2. The van der Waals surface area contributed by atoms with Crippen molar-refractivity contribution in [3.05, 3.63) is 18.6 Å². The summed E-state index contributed by atoms with van der Waals surface area (Å²) in [6.07, 6.45) is 2.19. The van der Waals surface area contributed by atoms with Gasteiger partial charge < -0.3 is 19.9 Å². The first-order valence-electron chi connectivity index (χ1n) is 7.58. The number of rotatable bonds is 6. The number of ether oxygens (including phenoxy) is 3. The van der Waals surface area contributed by atoms with Crippen molar-refractivity contribution < 1.29 is 22.6 Å². The second kappa shape index (κ2) is 6.84. The maximum atomic E-state index is 11.4. The number of nitrogens with zero attached hydrogens (tertiary/aromatic N) is 3. The fraction of sp³-hybridized carbons (Fsp3) is 0.571. The second-order valence-electron chi connectivity index (χ2n) is 5.81. The van der Waals surface area contributed by atoms with Gasteiger partial charge in [-0.1, -0.05) is 0 Å². The van der Waals surface area contributed by atoms with Crippen molar-refractivity contribution in [1.29, 1.82) is 0 Å². The van der Waals surface area contributed by atoms with Crippen LogP contribution in [0, 0.1) is 0 Å². The maximum absolute atomic E-state index is 11.4. The van der Waals surface area contributed by atoms with Crippen LogP contribution in [-0.2, 0) is 24.2 Å². The van der Waals surface area contributed by atoms with Crippen LogP contribution in [0.4, 0.5) is 5.69 Å². The lowest BCUT2D eigenvalue weighted by molar-refractivity contribution is -0.0512. The molecule has 10 nitrogen and oxygen atoms in total. The highest BCUT2D eigenvalue weighted by atomic mass is 32.2. The third-order valence-electron chi connectivity index (χ3n) is 4.14. The number of fused-ring (bicyclic) bond motifs is 1. The highest BCUT2D eigenvalue weighted by Crippen LogP contribution is 2.35. The van der Waals surface area contributed by atoms with Gasteiger partial charge in [-0.25, -0.2) is 23.1 Å². The predicted molar refractivity (Wildman–Crippen MR) is 90.3 cm³/mol. The lowest BCUT2D eigenvalue weighted by Crippen LogP contribution is -2.41. The minimum atomic E-state index is -3.35. The van der Waals surface area contributed by atoms with E-state index in [1.54, 1.807) is 30.3 Å². The zero-order valence-electron chi connectivity index (χ0n) is 14.1. The van der Waals surface area contributed by atoms with Crippen LogP contribution in [0.1, 0.15) is 6.23 Å². The van der Waals surface area contributed by atoms with Gasteiger partial charge >= 0.3 is 0 Å². The first kappa shape index (κ1) is 18.0. The number of nitrogens with two attached hydrogens (primary N) is 1. The van der Waals surface area contributed by atoms with E-state index in [1.807, 2.05) is 0 Å². The average Bonchev–Trinajstić information content (AvgIpc) is 3.13. The van der Waals surface area contributed by atoms with Gasteiger partial charge in [0.25, 0.3) is 0 Å². The summed E-state index contributed by atoms with van der Waals surface area (Å²) in [6, 6.07) is 1.67. The first-order chi connectivity index (χ1) is 11.9. The van der Waals surface area contributed by atoms with E-state index in [4.69, 9.17) is 19.9 Å². The number of nitrogen functional groups attached to an aromatic ring is 1. The van der Waals surface area contributed by atoms with Gasteiger partial charge in [-0.2, -0.15) is 0 Å². The van der Waals surface area contributed by atoms with Crippen molar-refractivity contribution in [3.63, 3.8) is 0 Å². The predicted octanol–water partition coefficient (Wildman–Crippen LogP) is -0.510. The van der Waals surface area contributed by atoms with E-state index in [9.17, 15) is 8.42 Å². The van der Waals surface area contributed by atoms with Crippen molar-refractivity contribution in [2.75, 3.05) is 32.8 Å². The Labute approximate surface area is 145 Å². The molecule has 3 rings (SSSR count). The number of hydrogen-bond donors (Lipinski definition) is 2. The molecule has 0 unspecified atom stereocenters. The zero-order chi connectivity index (χ0) is 18.2. The van der Waals surface area contributed by atoms with Gasteiger partial charge in [-0.05, 0) is 6.07 Å². The Morgan fingerprint density at radius 1 is 1.32 bits per heavy atom. The molecule has 4 atom stereocenters. The van der Waals surface area contributed by atoms with Crippen LogP contribution in [0.5, 0.6) is 0 Å². The van der Waals surface area contributed by atoms with Crippen LogP contribution < -0.4 is 10.5 Å². The summed E-state index contributed by atoms with van der Waals surface area (Å²) in [7, 11) is -0.285. The summed E-state index contributed by atoms with van der Waals surface area (Å²) in [4.78, 5) is 8.59. The molecular formula is C14H21N5O5S. The monoisotopic (exact) mass is 371 g/mol. The number of hydrogen-bond acceptors (Lipinski definition) is 8. The van der Waals surface area contributed by atoms with E-state index in [0.29, 0.717) is 16.9 Å². The Bertz CT molecular complexity index is 854. The summed E-state index contributed by atoms with van der Waals surface area (Å²) in [6.45, 7) is 0.0654. The molecule has 0 saturated carbocycles. The van der Waals surface area contributed by atoms with Crippen molar-refractivity contribution in [2.45, 2.75) is 24.5 Å². The highest BCUT2D eigenvalue weighted by Gasteiger charge is 2.46. The minimum absolute atomic E-state index is 0.0654. The topological polar surface area (TPSA) is 131 Å². The molecule has 1 aliphatic rings. The molecule has 138 valence electrons. The number of anilines is 1. The molecule has 1 fully saturated rings. The van der Waals surface area contributed by atoms with Crippen LogP contribution in [0.2, 0.25) is 0 Å². The fourth-order valence-corrected chi connectivity index (χ4v) is 3.47. The van der Waals surface area contributed by atoms with Crippen LogP contribution >= 0.6 is 0 Å². The Balaban J connectivity index is 1.93. The summed E-state index contributed by atoms with van der Waals surface area (Å²) >= 11 is 0. The largest absolute Gasteiger partial charge is 0.397 e. The van der Waals surface area contributed by atoms with E-state index in [2.05, 4.69) is 14.7 Å². The van der Waals surface area contributed by atoms with E-state index in [0.717, 1.165) is 6.26 Å². The number of pyridine rings is 1. The van der Waals surface area contributed by atoms with Crippen molar-refractivity contribution in [2.24, 2.45) is 0 Å². The molecule has 0 radical (unpaired) electrons. The number of nitrogens with one attached hydrogen (secondary N) is 1. The van der Waals surface area contributed by atoms with E-state index in [-0.39, 0.29) is 6.54 Å². The van der Waals surface area contributed by atoms with Gasteiger partial charge in [0, 0.05) is 27.0 Å². The number of imidazole rings is 1. The van der Waals surface area contributed by atoms with Crippen molar-refractivity contribution >= 4 is 26.9 Å². The van der Waals surface area contributed by atoms with Crippen molar-refractivity contribution in [1.82, 2.24) is 19.3 Å². The summed E-state index contributed by atoms with van der Waals surface area (Å²) in [5.41, 5.74) is 7.55. The zero-order valence-corrected chi connectivity index (χ0v) is 14.9. The standard InChI is InChI=1S/C14H21N5O5S/c1-22-11-9(6-18-25(3,20)21)24-14(12(11)23-2)19-7-17-10-8(15)4-5-16-13(10)19/h4-5,7,9,11-12,14,18H,6H2,1-3H3,(H2,15,16)/t9-,11-,12-,14-/m1/s1. The molecule has 0 amide bonds. The molecule has 2 aromatic rings. The number of aromatic nitrogens is 3. The lowest BCUT2D eigenvalue weighted by atomic mass is 10.1. The Kier molecular flexibility index (Phi) is 4.93. The molecule has 11 heteroatoms. The molecule has 0 aromatic carbocycles. The van der Waals surface area contributed by atoms with Gasteiger partial charge in [0.15, 0.2) is 11.9 Å². The average molecular weight is 371 g/mol. The molecule has 2 aromatic heterocycles. The molecule has 0 spiro atoms. The molecule has 3 N–H and O–H groups in total. The highest BCUT2D eigenvalue weighted by molar-refractivity contribution is 7.88. The molecule has 0 aliphatic carbocycles. The Morgan fingerprint density at radius 3 is 2.68 bits per heavy atom. The molecule has 25 heavy (non-hydrogen) atoms. The molecule has 1 saturated heterocycles. The van der Waals surface area contributed by atoms with Crippen molar-refractivity contribution in [3.8, 4) is 0 Å². The molecular weight excluding hydrogens is 350 g/mol. The normalized spacial score (nSPS) is 27.2. The summed E-state index contributed by atoms with van der Waals surface area (Å²) in [5, 5.41) is 0. The van der Waals surface area contributed by atoms with Gasteiger partial charge in [0.05, 0.1) is 18.3 Å². The third-order valence-corrected chi connectivity index (χ3v) is 4.83. The Morgan fingerprint density at radius 2 is 2.04 bits per heavy atom. The first-order valence-corrected chi connectivity index (χ1v) is 9.47. The summed E-state index contributed by atoms with van der Waals surface area (Å²) < 4.78 is 44.0. The van der Waals surface area contributed by atoms with E-state index >= 15 is 0 Å². The Hall–Kier alpha value is -1.79. The van der Waals surface area contributed by atoms with Gasteiger partial charge in [0.1, 0.15) is 23.8 Å². The fourth-order valence-electron chi connectivity index (χ4n) is 3.01. The smallest absolute Gasteiger partial charge is 0.208 e. The van der Waals surface area contributed by atoms with E-state index in [1.165, 1.54) is 7.11 Å². The third kappa shape index (κ3) is 3.46. The SMILES string of the molecule is CO[C@@H]1[C@H](OC)[C@@H](CNS(C)(=O)=O)O[C@H]1n1cnc2c(N)ccnc21. The van der Waals surface area contributed by atoms with Gasteiger partial charge in [-0.15, -0.1) is 0 Å². The molecule has 1 aliphatic heterocycles. The van der Waals surface area contributed by atoms with E-state index < -0.39 is 34.6 Å². The minimum Gasteiger partial charge on any atom is -0.397 e. The summed E-state index contributed by atoms with van der Waals surface area (Å²) in [5.74, 6) is 0. The second-order valence-corrected chi connectivity index (χ2v) is 7.64. The van der Waals surface area contributed by atoms with Crippen LogP contribution in [0.25, 0.3) is 11.2 Å².